The maximum atomic E-state index is 13.7. The number of nitrogens with one attached hydrogen (secondary N) is 4. The van der Waals surface area contributed by atoms with Crippen LogP contribution in [0.5, 0.6) is 0 Å². The average Bonchev–Trinajstić information content (AvgIpc) is 3.35. The van der Waals surface area contributed by atoms with Gasteiger partial charge in [-0.15, -0.1) is 0 Å². The molecule has 0 saturated carbocycles. The quantitative estimate of drug-likeness (QED) is 0.0474. The van der Waals surface area contributed by atoms with Gasteiger partial charge < -0.3 is 41.7 Å². The van der Waals surface area contributed by atoms with Crippen molar-refractivity contribution in [2.24, 2.45) is 0 Å². The van der Waals surface area contributed by atoms with E-state index in [1.165, 1.54) is 0 Å². The van der Waals surface area contributed by atoms with Crippen LogP contribution in [-0.4, -0.2) is 190 Å². The molecule has 4 amide bonds. The first-order valence-corrected chi connectivity index (χ1v) is 23.7. The minimum absolute atomic E-state index is 0.0232. The number of amides is 4. The third-order valence-electron chi connectivity index (χ3n) is 12.1. The Labute approximate surface area is 418 Å². The second kappa shape index (κ2) is 29.0. The van der Waals surface area contributed by atoms with Crippen LogP contribution in [0.3, 0.4) is 0 Å². The zero-order valence-corrected chi connectivity index (χ0v) is 40.0. The van der Waals surface area contributed by atoms with E-state index in [0.29, 0.717) is 22.3 Å². The van der Waals surface area contributed by atoms with Crippen molar-refractivity contribution in [3.05, 3.63) is 144 Å². The molecule has 0 aromatic heterocycles. The summed E-state index contributed by atoms with van der Waals surface area (Å²) in [4.78, 5) is 111. The van der Waals surface area contributed by atoms with Gasteiger partial charge in [-0.3, -0.25) is 38.8 Å². The number of nitrogens with zero attached hydrogens (tertiary/aromatic N) is 4. The lowest BCUT2D eigenvalue weighted by molar-refractivity contribution is -0.142. The number of rotatable bonds is 24. The van der Waals surface area contributed by atoms with Crippen molar-refractivity contribution in [3.63, 3.8) is 0 Å². The molecule has 0 spiro atoms. The Balaban J connectivity index is 1.38. The predicted octanol–water partition coefficient (Wildman–Crippen LogP) is 0.456. The number of hydrogen-bond donors (Lipinski definition) is 8. The molecule has 72 heavy (non-hydrogen) atoms. The number of carbonyl (C=O) groups is 8. The highest BCUT2D eigenvalue weighted by Crippen LogP contribution is 2.09. The molecule has 1 aliphatic rings. The Morgan fingerprint density at radius 1 is 0.319 bits per heavy atom. The topological polar surface area (TPSA) is 279 Å². The number of hydrogen-bond acceptors (Lipinski definition) is 12. The summed E-state index contributed by atoms with van der Waals surface area (Å²) in [6.07, 6.45) is 0.0930. The molecule has 8 N–H and O–H groups in total. The largest absolute Gasteiger partial charge is 0.480 e. The van der Waals surface area contributed by atoms with Gasteiger partial charge in [0.05, 0.1) is 26.2 Å². The first-order valence-electron chi connectivity index (χ1n) is 23.7. The van der Waals surface area contributed by atoms with E-state index >= 15 is 0 Å². The fourth-order valence-electron chi connectivity index (χ4n) is 8.18. The van der Waals surface area contributed by atoms with Crippen molar-refractivity contribution in [2.45, 2.75) is 49.9 Å². The van der Waals surface area contributed by atoms with E-state index in [1.54, 1.807) is 141 Å². The van der Waals surface area contributed by atoms with Gasteiger partial charge in [0.25, 0.3) is 0 Å². The van der Waals surface area contributed by atoms with Crippen LogP contribution in [0.15, 0.2) is 121 Å². The van der Waals surface area contributed by atoms with Gasteiger partial charge in [-0.2, -0.15) is 0 Å². The Kier molecular flexibility index (Phi) is 22.3. The first kappa shape index (κ1) is 55.4. The highest BCUT2D eigenvalue weighted by atomic mass is 16.4. The highest BCUT2D eigenvalue weighted by Gasteiger charge is 2.28. The van der Waals surface area contributed by atoms with Gasteiger partial charge >= 0.3 is 23.9 Å². The maximum absolute atomic E-state index is 13.7. The van der Waals surface area contributed by atoms with Crippen LogP contribution in [0.2, 0.25) is 0 Å². The van der Waals surface area contributed by atoms with Gasteiger partial charge in [-0.05, 0) is 22.3 Å². The molecule has 0 aliphatic carbocycles. The van der Waals surface area contributed by atoms with E-state index in [1.807, 2.05) is 0 Å². The molecule has 20 nitrogen and oxygen atoms in total. The Morgan fingerprint density at radius 3 is 0.639 bits per heavy atom. The SMILES string of the molecule is O=C(CN1CCN(CC(=O)N[C@@H](Cc2ccccc2)C(=O)O)CCN(CC(=O)N[C@@H](Cc2ccccc2)C(=O)O)CCN(CC(=O)N[C@@H](Cc2ccccc2)C(=O)O)CC1)N[C@@H](Cc1ccccc1)C(=O)O. The average molecular weight is 993 g/mol. The van der Waals surface area contributed by atoms with Gasteiger partial charge in [0, 0.05) is 78.0 Å². The van der Waals surface area contributed by atoms with Crippen molar-refractivity contribution in [3.8, 4) is 0 Å². The van der Waals surface area contributed by atoms with Gasteiger partial charge in [-0.1, -0.05) is 121 Å². The molecule has 20 heteroatoms. The second-order valence-electron chi connectivity index (χ2n) is 17.7. The minimum Gasteiger partial charge on any atom is -0.480 e. The molecule has 1 aliphatic heterocycles. The number of aliphatic carboxylic acids is 4. The number of carboxylic acids is 4. The minimum atomic E-state index is -1.25. The summed E-state index contributed by atoms with van der Waals surface area (Å²) in [5.74, 6) is -7.33. The molecule has 1 saturated heterocycles. The van der Waals surface area contributed by atoms with Gasteiger partial charge in [0.1, 0.15) is 24.2 Å². The Morgan fingerprint density at radius 2 is 0.486 bits per heavy atom. The van der Waals surface area contributed by atoms with E-state index in [4.69, 9.17) is 0 Å². The predicted molar refractivity (Wildman–Crippen MR) is 265 cm³/mol. The van der Waals surface area contributed by atoms with Gasteiger partial charge in [0.15, 0.2) is 0 Å². The fourth-order valence-corrected chi connectivity index (χ4v) is 8.18. The lowest BCUT2D eigenvalue weighted by Gasteiger charge is -2.34. The summed E-state index contributed by atoms with van der Waals surface area (Å²) >= 11 is 0. The van der Waals surface area contributed by atoms with Crippen LogP contribution >= 0.6 is 0 Å². The van der Waals surface area contributed by atoms with Crippen LogP contribution in [0.1, 0.15) is 22.3 Å². The number of benzene rings is 4. The fraction of sp³-hybridized carbons (Fsp3) is 0.385. The normalized spacial score (nSPS) is 16.0. The molecular weight excluding hydrogens is 929 g/mol. The Hall–Kier alpha value is -7.52. The van der Waals surface area contributed by atoms with Gasteiger partial charge in [0.2, 0.25) is 23.6 Å². The van der Waals surface area contributed by atoms with E-state index in [9.17, 15) is 58.8 Å². The smallest absolute Gasteiger partial charge is 0.326 e. The third-order valence-corrected chi connectivity index (χ3v) is 12.1. The lowest BCUT2D eigenvalue weighted by atomic mass is 10.1. The van der Waals surface area contributed by atoms with Crippen molar-refractivity contribution in [1.82, 2.24) is 40.9 Å². The summed E-state index contributed by atoms with van der Waals surface area (Å²) in [5, 5.41) is 50.7. The molecule has 0 bridgehead atoms. The molecule has 0 radical (unpaired) electrons. The summed E-state index contributed by atoms with van der Waals surface area (Å²) in [7, 11) is 0. The molecular formula is C52H64N8O12. The highest BCUT2D eigenvalue weighted by molar-refractivity contribution is 5.87. The third kappa shape index (κ3) is 20.1. The Bertz CT molecular complexity index is 2050. The summed E-state index contributed by atoms with van der Waals surface area (Å²) in [5.41, 5.74) is 2.79. The van der Waals surface area contributed by atoms with Crippen LogP contribution in [-0.2, 0) is 64.0 Å². The van der Waals surface area contributed by atoms with Gasteiger partial charge in [-0.25, -0.2) is 19.2 Å². The van der Waals surface area contributed by atoms with E-state index in [2.05, 4.69) is 21.3 Å². The maximum Gasteiger partial charge on any atom is 0.326 e. The zero-order chi connectivity index (χ0) is 51.8. The molecule has 0 unspecified atom stereocenters. The summed E-state index contributed by atoms with van der Waals surface area (Å²) in [6.45, 7) is -0.115. The molecule has 4 aromatic rings. The van der Waals surface area contributed by atoms with Crippen molar-refractivity contribution in [2.75, 3.05) is 78.5 Å². The molecule has 4 atom stereocenters. The van der Waals surface area contributed by atoms with E-state index < -0.39 is 71.7 Å². The molecule has 1 fully saturated rings. The van der Waals surface area contributed by atoms with Crippen LogP contribution < -0.4 is 21.3 Å². The molecule has 1 heterocycles. The molecule has 384 valence electrons. The number of carboxylic acid groups (broad SMARTS) is 4. The monoisotopic (exact) mass is 992 g/mol. The van der Waals surface area contributed by atoms with Crippen molar-refractivity contribution < 1.29 is 58.8 Å². The standard InChI is InChI=1S/C52H64N8O12/c61-45(53-41(49(65)66)29-37-13-5-1-6-14-37)33-57-21-23-58(34-46(62)54-42(50(67)68)30-38-15-7-2-8-16-38)25-27-60(36-48(64)56-44(52(71)72)32-40-19-11-4-12-20-40)28-26-59(24-22-57)35-47(63)55-43(51(69)70)31-39-17-9-3-10-18-39/h1-20,41-44H,21-36H2,(H,53,61)(H,54,62)(H,55,63)(H,56,64)(H,65,66)(H,67,68)(H,69,70)(H,71,72)/t41-,42-,43-,44-/m0/s1. The molecule has 5 rings (SSSR count). The van der Waals surface area contributed by atoms with Crippen LogP contribution in [0.25, 0.3) is 0 Å². The van der Waals surface area contributed by atoms with E-state index in [-0.39, 0.29) is 104 Å². The van der Waals surface area contributed by atoms with Crippen LogP contribution in [0.4, 0.5) is 0 Å². The van der Waals surface area contributed by atoms with Crippen molar-refractivity contribution in [1.29, 1.82) is 0 Å². The number of carbonyl (C=O) groups excluding carboxylic acids is 4. The lowest BCUT2D eigenvalue weighted by Crippen LogP contribution is -2.54. The second-order valence-corrected chi connectivity index (χ2v) is 17.7. The first-order chi connectivity index (χ1) is 34.6. The van der Waals surface area contributed by atoms with Crippen LogP contribution in [0, 0.1) is 0 Å². The summed E-state index contributed by atoms with van der Waals surface area (Å²) < 4.78 is 0. The van der Waals surface area contributed by atoms with E-state index in [0.717, 1.165) is 0 Å². The summed E-state index contributed by atoms with van der Waals surface area (Å²) in [6, 6.07) is 30.2. The molecule has 4 aromatic carbocycles. The van der Waals surface area contributed by atoms with Crippen molar-refractivity contribution >= 4 is 47.5 Å². The zero-order valence-electron chi connectivity index (χ0n) is 40.0.